The van der Waals surface area contributed by atoms with Gasteiger partial charge in [0.05, 0.1) is 11.0 Å². The number of unbranched alkanes of at least 4 members (excludes halogenated alkanes) is 1. The van der Waals surface area contributed by atoms with Crippen LogP contribution >= 0.6 is 0 Å². The van der Waals surface area contributed by atoms with Crippen LogP contribution in [0.2, 0.25) is 0 Å². The number of aryl methyl sites for hydroxylation is 1. The van der Waals surface area contributed by atoms with Crippen LogP contribution in [0.4, 0.5) is 16.3 Å². The lowest BCUT2D eigenvalue weighted by atomic mass is 10.1. The van der Waals surface area contributed by atoms with Gasteiger partial charge in [0.25, 0.3) is 0 Å². The predicted octanol–water partition coefficient (Wildman–Crippen LogP) is 5.80. The van der Waals surface area contributed by atoms with Crippen LogP contribution in [0.15, 0.2) is 48.5 Å². The minimum Gasteiger partial charge on any atom is -0.444 e. The lowest BCUT2D eigenvalue weighted by Gasteiger charge is -2.19. The molecule has 0 fully saturated rings. The molecule has 39 heavy (non-hydrogen) atoms. The Labute approximate surface area is 229 Å². The fraction of sp³-hybridized carbons (Fsp3) is 0.400. The molecule has 0 bridgehead atoms. The van der Waals surface area contributed by atoms with Gasteiger partial charge in [-0.05, 0) is 57.4 Å². The zero-order valence-electron chi connectivity index (χ0n) is 23.2. The molecule has 0 aliphatic heterocycles. The van der Waals surface area contributed by atoms with Gasteiger partial charge in [-0.2, -0.15) is 0 Å². The van der Waals surface area contributed by atoms with Crippen LogP contribution in [0, 0.1) is 0 Å². The molecule has 2 aromatic heterocycles. The van der Waals surface area contributed by atoms with Crippen LogP contribution in [-0.2, 0) is 22.5 Å². The number of pyridine rings is 1. The Morgan fingerprint density at radius 1 is 1.03 bits per heavy atom. The summed E-state index contributed by atoms with van der Waals surface area (Å²) in [7, 11) is 0. The number of ether oxygens (including phenoxy) is 1. The molecule has 0 unspecified atom stereocenters. The number of hydrogen-bond donors (Lipinski definition) is 3. The van der Waals surface area contributed by atoms with Crippen LogP contribution in [0.3, 0.4) is 0 Å². The second-order valence-electron chi connectivity index (χ2n) is 10.7. The summed E-state index contributed by atoms with van der Waals surface area (Å²) in [5.74, 6) is 1.33. The van der Waals surface area contributed by atoms with E-state index in [2.05, 4.69) is 33.2 Å². The Balaban J connectivity index is 1.43. The maximum Gasteiger partial charge on any atom is 0.407 e. The number of aromatic nitrogens is 3. The Morgan fingerprint density at radius 2 is 1.77 bits per heavy atom. The second kappa shape index (κ2) is 12.1. The third-order valence-corrected chi connectivity index (χ3v) is 6.27. The molecule has 206 valence electrons. The number of carbonyl (C=O) groups excluding carboxylic acids is 2. The van der Waals surface area contributed by atoms with E-state index in [-0.39, 0.29) is 5.91 Å². The van der Waals surface area contributed by atoms with Crippen molar-refractivity contribution in [3.8, 4) is 0 Å². The number of amides is 2. The molecule has 2 amide bonds. The monoisotopic (exact) mass is 530 g/mol. The summed E-state index contributed by atoms with van der Waals surface area (Å²) in [5, 5.41) is 6.63. The first-order chi connectivity index (χ1) is 18.6. The van der Waals surface area contributed by atoms with Crippen molar-refractivity contribution in [3.63, 3.8) is 0 Å². The summed E-state index contributed by atoms with van der Waals surface area (Å²) in [6.07, 6.45) is 3.30. The molecular formula is C30H38N6O3. The number of alkyl carbamates (subject to hydrolysis) is 1. The van der Waals surface area contributed by atoms with Crippen molar-refractivity contribution in [2.75, 3.05) is 17.6 Å². The van der Waals surface area contributed by atoms with Gasteiger partial charge in [-0.3, -0.25) is 4.79 Å². The standard InChI is InChI=1S/C30H38N6O3/c1-5-6-12-24-35-26-27(22-10-7-8-11-23(22)34-28(26)31)36(24)19-20-14-16-21(17-15-20)33-25(37)13-9-18-32-29(38)39-30(2,3)4/h7-8,10-11,14-17H,5-6,9,12-13,18-19H2,1-4H3,(H2,31,34)(H,32,38)(H,33,37). The Kier molecular flexibility index (Phi) is 8.69. The molecule has 9 heteroatoms. The highest BCUT2D eigenvalue weighted by molar-refractivity contribution is 6.06. The molecular weight excluding hydrogens is 492 g/mol. The van der Waals surface area contributed by atoms with Crippen LogP contribution in [0.25, 0.3) is 21.9 Å². The van der Waals surface area contributed by atoms with Crippen molar-refractivity contribution in [1.29, 1.82) is 0 Å². The summed E-state index contributed by atoms with van der Waals surface area (Å²) in [6.45, 7) is 8.60. The first kappa shape index (κ1) is 27.9. The second-order valence-corrected chi connectivity index (χ2v) is 10.7. The summed E-state index contributed by atoms with van der Waals surface area (Å²) >= 11 is 0. The molecule has 9 nitrogen and oxygen atoms in total. The van der Waals surface area contributed by atoms with E-state index in [4.69, 9.17) is 15.5 Å². The fourth-order valence-corrected chi connectivity index (χ4v) is 4.45. The van der Waals surface area contributed by atoms with E-state index in [1.807, 2.05) is 63.2 Å². The molecule has 2 aromatic carbocycles. The van der Waals surface area contributed by atoms with Crippen LogP contribution < -0.4 is 16.4 Å². The minimum atomic E-state index is -0.548. The van der Waals surface area contributed by atoms with Gasteiger partial charge in [-0.1, -0.05) is 43.7 Å². The highest BCUT2D eigenvalue weighted by Gasteiger charge is 2.18. The number of nitrogens with zero attached hydrogens (tertiary/aromatic N) is 3. The van der Waals surface area contributed by atoms with Crippen LogP contribution in [0.1, 0.15) is 64.8 Å². The third-order valence-electron chi connectivity index (χ3n) is 6.27. The molecule has 0 atom stereocenters. The van der Waals surface area contributed by atoms with Crippen molar-refractivity contribution in [2.45, 2.75) is 71.9 Å². The number of benzene rings is 2. The smallest absolute Gasteiger partial charge is 0.407 e. The number of fused-ring (bicyclic) bond motifs is 3. The average molecular weight is 531 g/mol. The van der Waals surface area contributed by atoms with Gasteiger partial charge in [0.1, 0.15) is 16.9 Å². The average Bonchev–Trinajstić information content (AvgIpc) is 3.24. The molecule has 0 saturated heterocycles. The van der Waals surface area contributed by atoms with E-state index < -0.39 is 11.7 Å². The third kappa shape index (κ3) is 7.25. The topological polar surface area (TPSA) is 124 Å². The van der Waals surface area contributed by atoms with Crippen molar-refractivity contribution < 1.29 is 14.3 Å². The van der Waals surface area contributed by atoms with E-state index in [9.17, 15) is 9.59 Å². The zero-order valence-corrected chi connectivity index (χ0v) is 23.2. The maximum absolute atomic E-state index is 12.4. The Morgan fingerprint density at radius 3 is 2.49 bits per heavy atom. The quantitative estimate of drug-likeness (QED) is 0.223. The number of hydrogen-bond acceptors (Lipinski definition) is 6. The Hall–Kier alpha value is -4.14. The lowest BCUT2D eigenvalue weighted by Crippen LogP contribution is -2.33. The SMILES string of the molecule is CCCCc1nc2c(N)nc3ccccc3c2n1Cc1ccc(NC(=O)CCCNC(=O)OC(C)(C)C)cc1. The van der Waals surface area contributed by atoms with Crippen LogP contribution in [0.5, 0.6) is 0 Å². The highest BCUT2D eigenvalue weighted by atomic mass is 16.6. The first-order valence-corrected chi connectivity index (χ1v) is 13.5. The Bertz CT molecular complexity index is 1450. The van der Waals surface area contributed by atoms with E-state index in [0.717, 1.165) is 58.3 Å². The number of nitrogen functional groups attached to an aromatic ring is 1. The molecule has 0 saturated carbocycles. The number of nitrogens with two attached hydrogens (primary N) is 1. The minimum absolute atomic E-state index is 0.106. The fourth-order valence-electron chi connectivity index (χ4n) is 4.45. The molecule has 2 heterocycles. The summed E-state index contributed by atoms with van der Waals surface area (Å²) in [6, 6.07) is 15.9. The lowest BCUT2D eigenvalue weighted by molar-refractivity contribution is -0.116. The van der Waals surface area contributed by atoms with Crippen molar-refractivity contribution in [2.24, 2.45) is 0 Å². The molecule has 0 spiro atoms. The predicted molar refractivity (Wildman–Crippen MR) is 156 cm³/mol. The van der Waals surface area contributed by atoms with Gasteiger partial charge < -0.3 is 25.7 Å². The summed E-state index contributed by atoms with van der Waals surface area (Å²) < 4.78 is 7.45. The highest BCUT2D eigenvalue weighted by Crippen LogP contribution is 2.30. The number of para-hydroxylation sites is 1. The van der Waals surface area contributed by atoms with E-state index in [1.165, 1.54) is 0 Å². The summed E-state index contributed by atoms with van der Waals surface area (Å²) in [5.41, 5.74) is 10.2. The van der Waals surface area contributed by atoms with Gasteiger partial charge >= 0.3 is 6.09 Å². The van der Waals surface area contributed by atoms with E-state index >= 15 is 0 Å². The largest absolute Gasteiger partial charge is 0.444 e. The molecule has 4 rings (SSSR count). The molecule has 4 aromatic rings. The van der Waals surface area contributed by atoms with Crippen molar-refractivity contribution in [1.82, 2.24) is 19.9 Å². The molecule has 0 radical (unpaired) electrons. The van der Waals surface area contributed by atoms with Crippen molar-refractivity contribution >= 4 is 45.4 Å². The van der Waals surface area contributed by atoms with Gasteiger partial charge in [-0.15, -0.1) is 0 Å². The molecule has 0 aliphatic carbocycles. The number of rotatable bonds is 10. The maximum atomic E-state index is 12.4. The van der Waals surface area contributed by atoms with E-state index in [0.29, 0.717) is 31.7 Å². The van der Waals surface area contributed by atoms with Crippen molar-refractivity contribution in [3.05, 3.63) is 59.9 Å². The molecule has 4 N–H and O–H groups in total. The van der Waals surface area contributed by atoms with Gasteiger partial charge in [0.2, 0.25) is 5.91 Å². The van der Waals surface area contributed by atoms with Gasteiger partial charge in [0, 0.05) is 37.0 Å². The van der Waals surface area contributed by atoms with Crippen LogP contribution in [-0.4, -0.2) is 38.7 Å². The number of imidazole rings is 1. The van der Waals surface area contributed by atoms with E-state index in [1.54, 1.807) is 0 Å². The first-order valence-electron chi connectivity index (χ1n) is 13.5. The normalized spacial score (nSPS) is 11.6. The van der Waals surface area contributed by atoms with Gasteiger partial charge in [0.15, 0.2) is 5.82 Å². The van der Waals surface area contributed by atoms with Gasteiger partial charge in [-0.25, -0.2) is 14.8 Å². The number of carbonyl (C=O) groups is 2. The number of nitrogens with one attached hydrogen (secondary N) is 2. The molecule has 0 aliphatic rings. The number of anilines is 2. The summed E-state index contributed by atoms with van der Waals surface area (Å²) in [4.78, 5) is 33.6. The zero-order chi connectivity index (χ0) is 28.0.